The molecule has 0 saturated carbocycles. The van der Waals surface area contributed by atoms with Gasteiger partial charge in [0.1, 0.15) is 23.2 Å². The monoisotopic (exact) mass is 607 g/mol. The van der Waals surface area contributed by atoms with E-state index in [0.717, 1.165) is 31.8 Å². The van der Waals surface area contributed by atoms with Crippen molar-refractivity contribution in [3.8, 4) is 11.5 Å². The molecule has 4 rings (SSSR count). The van der Waals surface area contributed by atoms with E-state index in [1.807, 2.05) is 0 Å². The Kier molecular flexibility index (Phi) is 12.5. The second kappa shape index (κ2) is 16.1. The van der Waals surface area contributed by atoms with E-state index >= 15 is 0 Å². The van der Waals surface area contributed by atoms with E-state index in [0.29, 0.717) is 18.4 Å². The van der Waals surface area contributed by atoms with Crippen LogP contribution in [0.5, 0.6) is 11.5 Å². The van der Waals surface area contributed by atoms with Gasteiger partial charge in [-0.05, 0) is 73.4 Å². The summed E-state index contributed by atoms with van der Waals surface area (Å²) in [6, 6.07) is 37.4. The summed E-state index contributed by atoms with van der Waals surface area (Å²) in [5.74, 6) is -0.458. The molecule has 1 amide bonds. The third-order valence-electron chi connectivity index (χ3n) is 6.74. The molecule has 0 bridgehead atoms. The van der Waals surface area contributed by atoms with Crippen LogP contribution >= 0.6 is 7.26 Å². The molecule has 0 radical (unpaired) electrons. The summed E-state index contributed by atoms with van der Waals surface area (Å²) >= 11 is 0. The molecule has 0 spiro atoms. The highest BCUT2D eigenvalue weighted by Crippen LogP contribution is 2.55. The maximum atomic E-state index is 12.2. The molecule has 4 aromatic rings. The molecule has 0 aliphatic rings. The predicted octanol–water partition coefficient (Wildman–Crippen LogP) is 4.47. The summed E-state index contributed by atoms with van der Waals surface area (Å²) < 4.78 is 27.2. The van der Waals surface area contributed by atoms with Gasteiger partial charge < -0.3 is 20.1 Å². The SMILES string of the molecule is CS(=O)(=O)[O-].O=C(Cc1ccc(O)c(O)c1)NCCCCCC[P+](c1ccccc1)(c1ccccc1)c1ccccc1. The Balaban J connectivity index is 0.000000892. The number of rotatable bonds is 12. The highest BCUT2D eigenvalue weighted by Gasteiger charge is 2.44. The number of phenolic OH excluding ortho intramolecular Hbond substituents is 2. The van der Waals surface area contributed by atoms with Crippen molar-refractivity contribution in [3.05, 3.63) is 115 Å². The summed E-state index contributed by atoms with van der Waals surface area (Å²) in [4.78, 5) is 12.2. The zero-order valence-corrected chi connectivity index (χ0v) is 25.4. The minimum atomic E-state index is -3.92. The van der Waals surface area contributed by atoms with Gasteiger partial charge in [0.15, 0.2) is 11.5 Å². The standard InChI is InChI=1S/C32H34NO3P.CH4O3S/c34-30-21-20-26(24-31(30)35)25-32(36)33-22-12-1-2-13-23-37(27-14-6-3-7-15-27,28-16-8-4-9-17-28)29-18-10-5-11-19-29;1-5(2,3)4/h3-11,14-21,24H,1-2,12-13,22-23,25H2,(H2-,33,34,35,36);1H3,(H,2,3,4). The van der Waals surface area contributed by atoms with E-state index in [4.69, 9.17) is 13.0 Å². The number of carbonyl (C=O) groups excluding carboxylic acids is 1. The lowest BCUT2D eigenvalue weighted by molar-refractivity contribution is -0.120. The molecule has 4 aromatic carbocycles. The number of benzene rings is 4. The van der Waals surface area contributed by atoms with Gasteiger partial charge in [-0.2, -0.15) is 0 Å². The van der Waals surface area contributed by atoms with Crippen molar-refractivity contribution in [1.29, 1.82) is 0 Å². The molecule has 0 unspecified atom stereocenters. The van der Waals surface area contributed by atoms with Crippen LogP contribution in [0.15, 0.2) is 109 Å². The van der Waals surface area contributed by atoms with E-state index in [1.54, 1.807) is 6.07 Å². The van der Waals surface area contributed by atoms with Gasteiger partial charge in [-0.1, -0.05) is 67.1 Å². The smallest absolute Gasteiger partial charge is 0.224 e. The van der Waals surface area contributed by atoms with Crippen LogP contribution in [0.3, 0.4) is 0 Å². The van der Waals surface area contributed by atoms with Gasteiger partial charge in [0, 0.05) is 12.8 Å². The van der Waals surface area contributed by atoms with Gasteiger partial charge in [-0.25, -0.2) is 8.42 Å². The first-order valence-electron chi connectivity index (χ1n) is 13.8. The molecule has 7 nitrogen and oxygen atoms in total. The summed E-state index contributed by atoms with van der Waals surface area (Å²) in [5.41, 5.74) is 0.677. The van der Waals surface area contributed by atoms with Crippen LogP contribution < -0.4 is 21.2 Å². The minimum Gasteiger partial charge on any atom is -0.748 e. The average Bonchev–Trinajstić information content (AvgIpc) is 2.97. The Labute approximate surface area is 249 Å². The molecule has 222 valence electrons. The fourth-order valence-electron chi connectivity index (χ4n) is 4.86. The maximum Gasteiger partial charge on any atom is 0.224 e. The molecule has 0 aliphatic heterocycles. The molecular weight excluding hydrogens is 569 g/mol. The van der Waals surface area contributed by atoms with Crippen LogP contribution in [-0.2, 0) is 21.3 Å². The van der Waals surface area contributed by atoms with Crippen LogP contribution in [0.25, 0.3) is 0 Å². The molecule has 0 atom stereocenters. The van der Waals surface area contributed by atoms with E-state index in [1.165, 1.54) is 28.0 Å². The first-order valence-corrected chi connectivity index (χ1v) is 17.6. The van der Waals surface area contributed by atoms with Crippen molar-refractivity contribution in [1.82, 2.24) is 5.32 Å². The Bertz CT molecular complexity index is 1400. The van der Waals surface area contributed by atoms with Crippen molar-refractivity contribution in [2.75, 3.05) is 19.0 Å². The molecule has 0 fully saturated rings. The van der Waals surface area contributed by atoms with Crippen molar-refractivity contribution in [3.63, 3.8) is 0 Å². The summed E-state index contributed by atoms with van der Waals surface area (Å²) in [5, 5.41) is 26.2. The number of amides is 1. The van der Waals surface area contributed by atoms with E-state index in [9.17, 15) is 15.0 Å². The number of unbranched alkanes of at least 4 members (excludes halogenated alkanes) is 3. The van der Waals surface area contributed by atoms with Crippen LogP contribution in [-0.4, -0.2) is 48.1 Å². The fraction of sp³-hybridized carbons (Fsp3) is 0.242. The van der Waals surface area contributed by atoms with Gasteiger partial charge in [0.2, 0.25) is 5.91 Å². The van der Waals surface area contributed by atoms with Crippen molar-refractivity contribution >= 4 is 39.2 Å². The number of nitrogens with one attached hydrogen (secondary N) is 1. The van der Waals surface area contributed by atoms with Crippen molar-refractivity contribution in [2.45, 2.75) is 32.1 Å². The normalized spacial score (nSPS) is 11.3. The second-order valence-electron chi connectivity index (χ2n) is 10.0. The zero-order valence-electron chi connectivity index (χ0n) is 23.7. The number of phenols is 2. The van der Waals surface area contributed by atoms with Gasteiger partial charge >= 0.3 is 0 Å². The lowest BCUT2D eigenvalue weighted by Crippen LogP contribution is -2.33. The minimum absolute atomic E-state index is 0.0766. The predicted molar refractivity (Wildman–Crippen MR) is 171 cm³/mol. The Morgan fingerprint density at radius 2 is 1.17 bits per heavy atom. The Morgan fingerprint density at radius 1 is 0.714 bits per heavy atom. The van der Waals surface area contributed by atoms with Crippen LogP contribution in [0.4, 0.5) is 0 Å². The molecule has 9 heteroatoms. The van der Waals surface area contributed by atoms with Gasteiger partial charge in [0.25, 0.3) is 0 Å². The first-order chi connectivity index (χ1) is 20.1. The van der Waals surface area contributed by atoms with Gasteiger partial charge in [-0.15, -0.1) is 0 Å². The summed E-state index contributed by atoms with van der Waals surface area (Å²) in [6.45, 7) is 0.638. The highest BCUT2D eigenvalue weighted by molar-refractivity contribution is 7.95. The van der Waals surface area contributed by atoms with E-state index in [-0.39, 0.29) is 23.8 Å². The van der Waals surface area contributed by atoms with Crippen LogP contribution in [0, 0.1) is 0 Å². The second-order valence-corrected chi connectivity index (χ2v) is 15.0. The molecule has 3 N–H and O–H groups in total. The Morgan fingerprint density at radius 3 is 1.62 bits per heavy atom. The first kappa shape index (κ1) is 32.8. The summed E-state index contributed by atoms with van der Waals surface area (Å²) in [7, 11) is -5.70. The number of carbonyl (C=O) groups is 1. The molecule has 0 heterocycles. The number of hydrogen-bond donors (Lipinski definition) is 3. The number of aromatic hydroxyl groups is 2. The highest BCUT2D eigenvalue weighted by atomic mass is 32.2. The van der Waals surface area contributed by atoms with Crippen LogP contribution in [0.2, 0.25) is 0 Å². The van der Waals surface area contributed by atoms with Crippen molar-refractivity contribution in [2.24, 2.45) is 0 Å². The van der Waals surface area contributed by atoms with Crippen LogP contribution in [0.1, 0.15) is 31.2 Å². The molecule has 0 saturated heterocycles. The topological polar surface area (TPSA) is 127 Å². The third kappa shape index (κ3) is 10.3. The quantitative estimate of drug-likeness (QED) is 0.0944. The summed E-state index contributed by atoms with van der Waals surface area (Å²) in [6.07, 6.45) is 6.11. The lowest BCUT2D eigenvalue weighted by atomic mass is 10.1. The number of hydrogen-bond acceptors (Lipinski definition) is 6. The van der Waals surface area contributed by atoms with Gasteiger partial charge in [-0.3, -0.25) is 4.79 Å². The van der Waals surface area contributed by atoms with E-state index in [2.05, 4.69) is 96.3 Å². The lowest BCUT2D eigenvalue weighted by Gasteiger charge is -2.27. The molecule has 42 heavy (non-hydrogen) atoms. The van der Waals surface area contributed by atoms with Crippen molar-refractivity contribution < 1.29 is 28.0 Å². The van der Waals surface area contributed by atoms with E-state index < -0.39 is 17.4 Å². The molecular formula is C33H38NO6PS. The fourth-order valence-corrected chi connectivity index (χ4v) is 9.27. The maximum absolute atomic E-state index is 12.2. The molecule has 0 aliphatic carbocycles. The molecule has 0 aromatic heterocycles. The average molecular weight is 608 g/mol. The third-order valence-corrected chi connectivity index (χ3v) is 11.3. The Hall–Kier alpha value is -3.71. The zero-order chi connectivity index (χ0) is 30.4. The van der Waals surface area contributed by atoms with Gasteiger partial charge in [0.05, 0.1) is 22.7 Å². The largest absolute Gasteiger partial charge is 0.748 e.